The molecule has 0 aromatic heterocycles. The van der Waals surface area contributed by atoms with E-state index in [0.29, 0.717) is 12.8 Å². The van der Waals surface area contributed by atoms with Gasteiger partial charge in [0.25, 0.3) is 0 Å². The maximum absolute atomic E-state index is 12.6. The molecule has 0 heterocycles. The molecule has 2 unspecified atom stereocenters. The van der Waals surface area contributed by atoms with Crippen molar-refractivity contribution in [2.24, 2.45) is 5.73 Å². The van der Waals surface area contributed by atoms with Gasteiger partial charge in [-0.2, -0.15) is 0 Å². The topological polar surface area (TPSA) is 134 Å². The first-order chi connectivity index (χ1) is 33.8. The average Bonchev–Trinajstić information content (AvgIpc) is 3.34. The monoisotopic (exact) mass is 974 g/mol. The summed E-state index contributed by atoms with van der Waals surface area (Å²) in [5.74, 6) is -0.952. The van der Waals surface area contributed by atoms with Crippen LogP contribution in [0.1, 0.15) is 168 Å². The predicted octanol–water partition coefficient (Wildman–Crippen LogP) is 16.2. The maximum atomic E-state index is 12.6. The number of esters is 2. The van der Waals surface area contributed by atoms with E-state index in [1.165, 1.54) is 12.8 Å². The first-order valence-corrected chi connectivity index (χ1v) is 27.5. The fourth-order valence-corrected chi connectivity index (χ4v) is 6.93. The van der Waals surface area contributed by atoms with Gasteiger partial charge in [0.2, 0.25) is 0 Å². The van der Waals surface area contributed by atoms with E-state index >= 15 is 0 Å². The van der Waals surface area contributed by atoms with Crippen LogP contribution in [0, 0.1) is 0 Å². The number of allylic oxidation sites excluding steroid dienone is 26. The van der Waals surface area contributed by atoms with Gasteiger partial charge in [-0.15, -0.1) is 0 Å². The highest BCUT2D eigenvalue weighted by molar-refractivity contribution is 7.47. The molecule has 0 radical (unpaired) electrons. The smallest absolute Gasteiger partial charge is 0.462 e. The van der Waals surface area contributed by atoms with Gasteiger partial charge in [0.05, 0.1) is 13.2 Å². The molecule has 0 saturated heterocycles. The molecule has 0 aliphatic carbocycles. The minimum Gasteiger partial charge on any atom is -0.462 e. The fourth-order valence-electron chi connectivity index (χ4n) is 6.17. The minimum atomic E-state index is -4.41. The lowest BCUT2D eigenvalue weighted by atomic mass is 10.1. The number of rotatable bonds is 46. The van der Waals surface area contributed by atoms with Crippen molar-refractivity contribution in [3.63, 3.8) is 0 Å². The Labute approximate surface area is 419 Å². The third-order valence-corrected chi connectivity index (χ3v) is 10.9. The lowest BCUT2D eigenvalue weighted by molar-refractivity contribution is -0.161. The van der Waals surface area contributed by atoms with Crippen LogP contribution in [0.5, 0.6) is 0 Å². The summed E-state index contributed by atoms with van der Waals surface area (Å²) < 4.78 is 32.8. The molecule has 0 spiro atoms. The molecule has 0 aliphatic heterocycles. The largest absolute Gasteiger partial charge is 0.472 e. The van der Waals surface area contributed by atoms with Crippen molar-refractivity contribution in [3.05, 3.63) is 158 Å². The van der Waals surface area contributed by atoms with E-state index in [1.807, 2.05) is 12.2 Å². The predicted molar refractivity (Wildman–Crippen MR) is 293 cm³/mol. The average molecular weight is 974 g/mol. The normalized spacial score (nSPS) is 14.4. The van der Waals surface area contributed by atoms with Crippen LogP contribution in [-0.4, -0.2) is 49.3 Å². The molecule has 386 valence electrons. The molecule has 2 atom stereocenters. The molecule has 10 heteroatoms. The van der Waals surface area contributed by atoms with Gasteiger partial charge in [0, 0.05) is 19.4 Å². The second-order valence-corrected chi connectivity index (χ2v) is 17.7. The zero-order chi connectivity index (χ0) is 50.2. The molecule has 69 heavy (non-hydrogen) atoms. The Bertz CT molecular complexity index is 1680. The van der Waals surface area contributed by atoms with Gasteiger partial charge in [-0.05, 0) is 109 Å². The van der Waals surface area contributed by atoms with Crippen LogP contribution < -0.4 is 5.73 Å². The number of hydrogen-bond donors (Lipinski definition) is 2. The molecule has 0 amide bonds. The second-order valence-electron chi connectivity index (χ2n) is 16.3. The van der Waals surface area contributed by atoms with Crippen LogP contribution in [-0.2, 0) is 32.7 Å². The standard InChI is InChI=1S/C59H92NO8P/c1-3-5-7-9-11-13-15-17-18-19-20-21-22-23-24-25-26-27-28-29-30-31-32-33-34-35-36-37-38-40-42-44-46-48-50-52-59(62)68-57(56-67-69(63,64)66-54-53-60)55-65-58(61)51-49-47-45-43-41-39-16-14-12-10-8-6-4-2/h5-8,11-14,17-18,20-21,23-24,26-27,29-30,32-33,35-36,39,41,45,47,57H,3-4,9-10,15-16,19,22,25,28,31,34,37-38,40,42-44,46,48-56,60H2,1-2H3,(H,63,64)/b7-5-,8-6-,13-11-,14-12-,18-17-,21-20-,24-23-,27-26-,30-29-,33-32-,36-35-,41-39-,47-45-. The third kappa shape index (κ3) is 52.8. The Morgan fingerprint density at radius 3 is 1.17 bits per heavy atom. The van der Waals surface area contributed by atoms with Gasteiger partial charge >= 0.3 is 19.8 Å². The summed E-state index contributed by atoms with van der Waals surface area (Å²) in [6.45, 7) is 3.37. The summed E-state index contributed by atoms with van der Waals surface area (Å²) in [7, 11) is -4.41. The summed E-state index contributed by atoms with van der Waals surface area (Å²) in [6, 6.07) is 0. The zero-order valence-electron chi connectivity index (χ0n) is 42.7. The number of unbranched alkanes of at least 4 members (excludes halogenated alkanes) is 7. The molecule has 0 aliphatic rings. The van der Waals surface area contributed by atoms with E-state index in [9.17, 15) is 19.0 Å². The summed E-state index contributed by atoms with van der Waals surface area (Å²) in [6.07, 6.45) is 77.4. The van der Waals surface area contributed by atoms with Gasteiger partial charge in [-0.1, -0.05) is 204 Å². The number of carbonyl (C=O) groups is 2. The summed E-state index contributed by atoms with van der Waals surface area (Å²) in [5, 5.41) is 0. The van der Waals surface area contributed by atoms with Crippen LogP contribution in [0.3, 0.4) is 0 Å². The number of hydrogen-bond acceptors (Lipinski definition) is 8. The van der Waals surface area contributed by atoms with Gasteiger partial charge in [0.1, 0.15) is 6.61 Å². The highest BCUT2D eigenvalue weighted by Crippen LogP contribution is 2.43. The number of ether oxygens (including phenoxy) is 2. The van der Waals surface area contributed by atoms with E-state index in [4.69, 9.17) is 24.3 Å². The molecule has 0 saturated carbocycles. The van der Waals surface area contributed by atoms with Crippen molar-refractivity contribution in [3.8, 4) is 0 Å². The number of phosphoric ester groups is 1. The first kappa shape index (κ1) is 64.6. The van der Waals surface area contributed by atoms with Crippen molar-refractivity contribution >= 4 is 19.8 Å². The third-order valence-electron chi connectivity index (χ3n) is 9.92. The van der Waals surface area contributed by atoms with E-state index in [2.05, 4.69) is 160 Å². The molecular weight excluding hydrogens is 882 g/mol. The van der Waals surface area contributed by atoms with Gasteiger partial charge < -0.3 is 20.1 Å². The van der Waals surface area contributed by atoms with Crippen LogP contribution >= 0.6 is 7.82 Å². The zero-order valence-corrected chi connectivity index (χ0v) is 43.6. The Morgan fingerprint density at radius 2 is 0.783 bits per heavy atom. The Hall–Kier alpha value is -4.37. The highest BCUT2D eigenvalue weighted by Gasteiger charge is 2.26. The van der Waals surface area contributed by atoms with Gasteiger partial charge in [-0.25, -0.2) is 4.57 Å². The van der Waals surface area contributed by atoms with Crippen LogP contribution in [0.2, 0.25) is 0 Å². The quantitative estimate of drug-likeness (QED) is 0.0265. The van der Waals surface area contributed by atoms with E-state index in [1.54, 1.807) is 0 Å². The Balaban J connectivity index is 4.10. The first-order valence-electron chi connectivity index (χ1n) is 26.0. The second kappa shape index (κ2) is 53.0. The fraction of sp³-hybridized carbons (Fsp3) is 0.525. The summed E-state index contributed by atoms with van der Waals surface area (Å²) in [5.41, 5.74) is 5.35. The molecule has 0 aromatic rings. The molecular formula is C59H92NO8P. The molecule has 0 bridgehead atoms. The number of nitrogens with two attached hydrogens (primary N) is 1. The van der Waals surface area contributed by atoms with Crippen LogP contribution in [0.25, 0.3) is 0 Å². The van der Waals surface area contributed by atoms with E-state index in [-0.39, 0.29) is 32.6 Å². The number of carbonyl (C=O) groups excluding carboxylic acids is 2. The lowest BCUT2D eigenvalue weighted by Crippen LogP contribution is -2.29. The molecule has 0 aromatic carbocycles. The minimum absolute atomic E-state index is 0.0335. The Kier molecular flexibility index (Phi) is 49.6. The molecule has 0 rings (SSSR count). The van der Waals surface area contributed by atoms with Crippen molar-refractivity contribution in [2.75, 3.05) is 26.4 Å². The summed E-state index contributed by atoms with van der Waals surface area (Å²) in [4.78, 5) is 34.9. The van der Waals surface area contributed by atoms with Gasteiger partial charge in [-0.3, -0.25) is 18.6 Å². The van der Waals surface area contributed by atoms with Crippen molar-refractivity contribution in [1.29, 1.82) is 0 Å². The summed E-state index contributed by atoms with van der Waals surface area (Å²) >= 11 is 0. The van der Waals surface area contributed by atoms with E-state index in [0.717, 1.165) is 116 Å². The van der Waals surface area contributed by atoms with Crippen molar-refractivity contribution in [1.82, 2.24) is 0 Å². The molecule has 9 nitrogen and oxygen atoms in total. The van der Waals surface area contributed by atoms with Crippen LogP contribution in [0.4, 0.5) is 0 Å². The Morgan fingerprint density at radius 1 is 0.435 bits per heavy atom. The highest BCUT2D eigenvalue weighted by atomic mass is 31.2. The molecule has 3 N–H and O–H groups in total. The molecule has 0 fully saturated rings. The SMILES string of the molecule is CC/C=C\C/C=C\C/C=C\C/C=C\C/C=C\C/C=C\C/C=C\C/C=C\C/C=C\CCCCCCCCCC(=O)OC(COC(=O)CC/C=C\C/C=C\C/C=C\C/C=C\CC)COP(=O)(O)OCCN. The van der Waals surface area contributed by atoms with Crippen molar-refractivity contribution in [2.45, 2.75) is 174 Å². The van der Waals surface area contributed by atoms with Gasteiger partial charge in [0.15, 0.2) is 6.10 Å². The maximum Gasteiger partial charge on any atom is 0.472 e. The van der Waals surface area contributed by atoms with Crippen molar-refractivity contribution < 1.29 is 37.6 Å². The lowest BCUT2D eigenvalue weighted by Gasteiger charge is -2.19. The number of phosphoric acid groups is 1. The van der Waals surface area contributed by atoms with E-state index < -0.39 is 32.5 Å². The van der Waals surface area contributed by atoms with Crippen LogP contribution in [0.15, 0.2) is 158 Å².